The lowest BCUT2D eigenvalue weighted by atomic mass is 10.2. The summed E-state index contributed by atoms with van der Waals surface area (Å²) >= 11 is 0. The number of likely N-dealkylation sites (N-methyl/N-ethyl adjacent to an activating group) is 1. The average molecular weight is 342 g/mol. The van der Waals surface area contributed by atoms with Gasteiger partial charge >= 0.3 is 0 Å². The van der Waals surface area contributed by atoms with Crippen molar-refractivity contribution in [3.05, 3.63) is 59.7 Å². The van der Waals surface area contributed by atoms with Crippen molar-refractivity contribution < 1.29 is 14.0 Å². The summed E-state index contributed by atoms with van der Waals surface area (Å²) in [5.74, 6) is -1.03. The molecule has 7 heteroatoms. The van der Waals surface area contributed by atoms with Crippen LogP contribution in [-0.4, -0.2) is 59.8 Å². The van der Waals surface area contributed by atoms with Gasteiger partial charge in [0.1, 0.15) is 11.5 Å². The van der Waals surface area contributed by atoms with Gasteiger partial charge in [-0.25, -0.2) is 4.39 Å². The fraction of sp³-hybridized carbons (Fsp3) is 0.278. The van der Waals surface area contributed by atoms with Crippen LogP contribution in [0.4, 0.5) is 10.1 Å². The summed E-state index contributed by atoms with van der Waals surface area (Å²) < 4.78 is 13.2. The van der Waals surface area contributed by atoms with Crippen LogP contribution in [0.1, 0.15) is 20.8 Å². The average Bonchev–Trinajstić information content (AvgIpc) is 2.62. The highest BCUT2D eigenvalue weighted by Gasteiger charge is 2.22. The lowest BCUT2D eigenvalue weighted by Gasteiger charge is -2.32. The molecule has 130 valence electrons. The van der Waals surface area contributed by atoms with E-state index in [9.17, 15) is 14.0 Å². The molecule has 1 saturated heterocycles. The highest BCUT2D eigenvalue weighted by molar-refractivity contribution is 6.05. The maximum atomic E-state index is 13.2. The topological polar surface area (TPSA) is 65.5 Å². The first-order valence-corrected chi connectivity index (χ1v) is 8.04. The van der Waals surface area contributed by atoms with Crippen LogP contribution in [0.2, 0.25) is 0 Å². The molecule has 0 saturated carbocycles. The van der Waals surface area contributed by atoms with E-state index in [1.807, 2.05) is 7.05 Å². The van der Waals surface area contributed by atoms with Gasteiger partial charge in [0, 0.05) is 43.6 Å². The van der Waals surface area contributed by atoms with E-state index in [-0.39, 0.29) is 11.6 Å². The molecule has 0 aliphatic carbocycles. The largest absolute Gasteiger partial charge is 0.335 e. The summed E-state index contributed by atoms with van der Waals surface area (Å²) in [5, 5.41) is 2.61. The van der Waals surface area contributed by atoms with Gasteiger partial charge in [0.25, 0.3) is 11.8 Å². The van der Waals surface area contributed by atoms with E-state index in [1.165, 1.54) is 36.5 Å². The summed E-state index contributed by atoms with van der Waals surface area (Å²) in [6.07, 6.45) is 1.43. The summed E-state index contributed by atoms with van der Waals surface area (Å²) in [4.78, 5) is 32.9. The van der Waals surface area contributed by atoms with E-state index in [0.29, 0.717) is 24.3 Å². The molecular formula is C18H19FN4O2. The zero-order chi connectivity index (χ0) is 17.8. The molecule has 1 aromatic heterocycles. The predicted molar refractivity (Wildman–Crippen MR) is 92.0 cm³/mol. The highest BCUT2D eigenvalue weighted by Crippen LogP contribution is 2.13. The molecule has 1 aliphatic rings. The number of amides is 2. The Morgan fingerprint density at radius 3 is 2.60 bits per heavy atom. The number of rotatable bonds is 3. The smallest absolute Gasteiger partial charge is 0.272 e. The third-order valence-electron chi connectivity index (χ3n) is 4.11. The fourth-order valence-corrected chi connectivity index (χ4v) is 2.63. The lowest BCUT2D eigenvalue weighted by Crippen LogP contribution is -2.47. The van der Waals surface area contributed by atoms with Gasteiger partial charge in [0.2, 0.25) is 0 Å². The van der Waals surface area contributed by atoms with Crippen molar-refractivity contribution >= 4 is 17.5 Å². The number of hydrogen-bond donors (Lipinski definition) is 1. The third kappa shape index (κ3) is 4.19. The van der Waals surface area contributed by atoms with Gasteiger partial charge < -0.3 is 15.1 Å². The summed E-state index contributed by atoms with van der Waals surface area (Å²) in [5.41, 5.74) is 0.891. The molecule has 0 atom stereocenters. The summed E-state index contributed by atoms with van der Waals surface area (Å²) in [6, 6.07) is 8.63. The number of aromatic nitrogens is 1. The van der Waals surface area contributed by atoms with Crippen molar-refractivity contribution in [3.63, 3.8) is 0 Å². The van der Waals surface area contributed by atoms with Crippen LogP contribution in [-0.2, 0) is 0 Å². The van der Waals surface area contributed by atoms with E-state index >= 15 is 0 Å². The van der Waals surface area contributed by atoms with Gasteiger partial charge in [0.05, 0.1) is 0 Å². The highest BCUT2D eigenvalue weighted by atomic mass is 19.1. The predicted octanol–water partition coefficient (Wildman–Crippen LogP) is 1.86. The molecule has 1 aromatic carbocycles. The number of carbonyl (C=O) groups is 2. The van der Waals surface area contributed by atoms with Crippen LogP contribution in [0, 0.1) is 5.82 Å². The molecule has 25 heavy (non-hydrogen) atoms. The molecule has 2 aromatic rings. The number of carbonyl (C=O) groups excluding carboxylic acids is 2. The first kappa shape index (κ1) is 17.0. The number of nitrogens with one attached hydrogen (secondary N) is 1. The minimum Gasteiger partial charge on any atom is -0.335 e. The maximum Gasteiger partial charge on any atom is 0.272 e. The van der Waals surface area contributed by atoms with Crippen molar-refractivity contribution in [2.24, 2.45) is 0 Å². The molecular weight excluding hydrogens is 323 g/mol. The SMILES string of the molecule is CN1CCN(C(=O)c2cc(C(=O)Nc3cccc(F)c3)ccn2)CC1. The second-order valence-corrected chi connectivity index (χ2v) is 5.99. The Labute approximate surface area is 145 Å². The molecule has 3 rings (SSSR count). The van der Waals surface area contributed by atoms with Crippen molar-refractivity contribution in [2.45, 2.75) is 0 Å². The normalized spacial score (nSPS) is 15.0. The molecule has 0 bridgehead atoms. The number of nitrogens with zero attached hydrogens (tertiary/aromatic N) is 3. The zero-order valence-electron chi connectivity index (χ0n) is 13.9. The molecule has 1 N–H and O–H groups in total. The molecule has 0 radical (unpaired) electrons. The first-order valence-electron chi connectivity index (χ1n) is 8.04. The number of halogens is 1. The zero-order valence-corrected chi connectivity index (χ0v) is 13.9. The molecule has 1 aliphatic heterocycles. The number of benzene rings is 1. The number of pyridine rings is 1. The fourth-order valence-electron chi connectivity index (χ4n) is 2.63. The first-order chi connectivity index (χ1) is 12.0. The Balaban J connectivity index is 1.72. The van der Waals surface area contributed by atoms with Gasteiger partial charge in [-0.2, -0.15) is 0 Å². The van der Waals surface area contributed by atoms with Crippen molar-refractivity contribution in [1.29, 1.82) is 0 Å². The Bertz CT molecular complexity index is 788. The van der Waals surface area contributed by atoms with Crippen LogP contribution in [0.5, 0.6) is 0 Å². The Hall–Kier alpha value is -2.80. The Morgan fingerprint density at radius 2 is 1.88 bits per heavy atom. The van der Waals surface area contributed by atoms with E-state index in [2.05, 4.69) is 15.2 Å². The summed E-state index contributed by atoms with van der Waals surface area (Å²) in [6.45, 7) is 2.89. The van der Waals surface area contributed by atoms with Crippen LogP contribution >= 0.6 is 0 Å². The van der Waals surface area contributed by atoms with Crippen LogP contribution in [0.15, 0.2) is 42.6 Å². The van der Waals surface area contributed by atoms with E-state index in [4.69, 9.17) is 0 Å². The monoisotopic (exact) mass is 342 g/mol. The molecule has 0 unspecified atom stereocenters. The second kappa shape index (κ2) is 7.40. The van der Waals surface area contributed by atoms with Gasteiger partial charge in [-0.3, -0.25) is 14.6 Å². The van der Waals surface area contributed by atoms with Gasteiger partial charge in [-0.1, -0.05) is 6.07 Å². The quantitative estimate of drug-likeness (QED) is 0.925. The number of piperazine rings is 1. The minimum atomic E-state index is -0.432. The van der Waals surface area contributed by atoms with E-state index < -0.39 is 11.7 Å². The second-order valence-electron chi connectivity index (χ2n) is 5.99. The maximum absolute atomic E-state index is 13.2. The summed E-state index contributed by atoms with van der Waals surface area (Å²) in [7, 11) is 2.01. The van der Waals surface area contributed by atoms with Gasteiger partial charge in [-0.05, 0) is 37.4 Å². The lowest BCUT2D eigenvalue weighted by molar-refractivity contribution is 0.0658. The molecule has 6 nitrogen and oxygen atoms in total. The van der Waals surface area contributed by atoms with Crippen LogP contribution in [0.3, 0.4) is 0 Å². The third-order valence-corrected chi connectivity index (χ3v) is 4.11. The molecule has 2 heterocycles. The van der Waals surface area contributed by atoms with E-state index in [0.717, 1.165) is 13.1 Å². The molecule has 1 fully saturated rings. The molecule has 2 amide bonds. The standard InChI is InChI=1S/C18H19FN4O2/c1-22-7-9-23(10-8-22)18(25)16-11-13(5-6-20-16)17(24)21-15-4-2-3-14(19)12-15/h2-6,11-12H,7-10H2,1H3,(H,21,24). The van der Waals surface area contributed by atoms with Crippen molar-refractivity contribution in [1.82, 2.24) is 14.8 Å². The van der Waals surface area contributed by atoms with Gasteiger partial charge in [-0.15, -0.1) is 0 Å². The van der Waals surface area contributed by atoms with Crippen LogP contribution in [0.25, 0.3) is 0 Å². The number of hydrogen-bond acceptors (Lipinski definition) is 4. The van der Waals surface area contributed by atoms with Crippen LogP contribution < -0.4 is 5.32 Å². The van der Waals surface area contributed by atoms with Crippen molar-refractivity contribution in [3.8, 4) is 0 Å². The number of anilines is 1. The Morgan fingerprint density at radius 1 is 1.12 bits per heavy atom. The van der Waals surface area contributed by atoms with E-state index in [1.54, 1.807) is 11.0 Å². The van der Waals surface area contributed by atoms with Gasteiger partial charge in [0.15, 0.2) is 0 Å². The molecule has 0 spiro atoms. The Kier molecular flexibility index (Phi) is 5.04. The van der Waals surface area contributed by atoms with Crippen molar-refractivity contribution in [2.75, 3.05) is 38.5 Å². The minimum absolute atomic E-state index is 0.187.